The van der Waals surface area contributed by atoms with Gasteiger partial charge in [0.15, 0.2) is 0 Å². The van der Waals surface area contributed by atoms with Gasteiger partial charge in [-0.05, 0) is 37.3 Å². The zero-order chi connectivity index (χ0) is 16.4. The number of hydrogen-bond acceptors (Lipinski definition) is 3. The molecule has 1 aliphatic rings. The normalized spacial score (nSPS) is 14.9. The molecule has 0 N–H and O–H groups in total. The van der Waals surface area contributed by atoms with E-state index >= 15 is 0 Å². The van der Waals surface area contributed by atoms with Gasteiger partial charge >= 0.3 is 0 Å². The van der Waals surface area contributed by atoms with Gasteiger partial charge in [-0.25, -0.2) is 4.99 Å². The number of carbonyl (C=O) groups is 2. The van der Waals surface area contributed by atoms with Crippen LogP contribution in [0.5, 0.6) is 0 Å². The van der Waals surface area contributed by atoms with Gasteiger partial charge in [0.1, 0.15) is 5.78 Å². The third kappa shape index (κ3) is 3.32. The van der Waals surface area contributed by atoms with Crippen LogP contribution in [0.4, 0.5) is 5.69 Å². The number of Topliss-reactive ketones (excluding diaryl/α,β-unsaturated/α-hetero) is 1. The summed E-state index contributed by atoms with van der Waals surface area (Å²) in [6, 6.07) is 14.3. The van der Waals surface area contributed by atoms with Crippen molar-refractivity contribution in [2.24, 2.45) is 4.99 Å². The fourth-order valence-electron chi connectivity index (χ4n) is 2.64. The van der Waals surface area contributed by atoms with Crippen molar-refractivity contribution < 1.29 is 9.59 Å². The van der Waals surface area contributed by atoms with Crippen LogP contribution in [0.15, 0.2) is 53.5 Å². The molecule has 3 rings (SSSR count). The first-order valence-corrected chi connectivity index (χ1v) is 7.63. The topological polar surface area (TPSA) is 49.7 Å². The molecule has 5 heteroatoms. The summed E-state index contributed by atoms with van der Waals surface area (Å²) in [6.45, 7) is 2.25. The molecule has 0 aliphatic carbocycles. The third-order valence-electron chi connectivity index (χ3n) is 3.62. The van der Waals surface area contributed by atoms with E-state index in [9.17, 15) is 9.59 Å². The summed E-state index contributed by atoms with van der Waals surface area (Å²) < 4.78 is 0. The van der Waals surface area contributed by atoms with Crippen molar-refractivity contribution in [2.45, 2.75) is 6.92 Å². The molecule has 0 bridgehead atoms. The monoisotopic (exact) mass is 326 g/mol. The van der Waals surface area contributed by atoms with Crippen molar-refractivity contribution in [3.63, 3.8) is 0 Å². The Bertz CT molecular complexity index is 800. The van der Waals surface area contributed by atoms with Crippen molar-refractivity contribution in [1.29, 1.82) is 0 Å². The molecule has 2 aromatic rings. The number of aliphatic imine (C=N–C) groups is 1. The van der Waals surface area contributed by atoms with Gasteiger partial charge in [0.25, 0.3) is 5.91 Å². The van der Waals surface area contributed by atoms with E-state index in [0.717, 1.165) is 11.3 Å². The van der Waals surface area contributed by atoms with Gasteiger partial charge in [-0.15, -0.1) is 0 Å². The van der Waals surface area contributed by atoms with E-state index in [1.54, 1.807) is 43.3 Å². The van der Waals surface area contributed by atoms with Crippen LogP contribution in [0, 0.1) is 0 Å². The summed E-state index contributed by atoms with van der Waals surface area (Å²) in [5.41, 5.74) is 2.86. The van der Waals surface area contributed by atoms with Gasteiger partial charge in [-0.1, -0.05) is 29.8 Å². The Morgan fingerprint density at radius 3 is 2.61 bits per heavy atom. The maximum absolute atomic E-state index is 12.3. The Kier molecular flexibility index (Phi) is 4.26. The molecule has 0 unspecified atom stereocenters. The van der Waals surface area contributed by atoms with E-state index in [2.05, 4.69) is 4.99 Å². The summed E-state index contributed by atoms with van der Waals surface area (Å²) in [4.78, 5) is 29.9. The van der Waals surface area contributed by atoms with Gasteiger partial charge in [0.05, 0.1) is 18.8 Å². The van der Waals surface area contributed by atoms with E-state index in [1.807, 2.05) is 17.0 Å². The highest BCUT2D eigenvalue weighted by molar-refractivity contribution is 6.31. The highest BCUT2D eigenvalue weighted by atomic mass is 35.5. The summed E-state index contributed by atoms with van der Waals surface area (Å²) in [5, 5.41) is 0.577. The number of hydrogen-bond donors (Lipinski definition) is 0. The van der Waals surface area contributed by atoms with Crippen LogP contribution >= 0.6 is 11.6 Å². The average Bonchev–Trinajstić information content (AvgIpc) is 2.84. The highest BCUT2D eigenvalue weighted by Crippen LogP contribution is 2.31. The maximum Gasteiger partial charge on any atom is 0.277 e. The van der Waals surface area contributed by atoms with Crippen molar-refractivity contribution >= 4 is 34.7 Å². The maximum atomic E-state index is 12.3. The first-order chi connectivity index (χ1) is 11.0. The van der Waals surface area contributed by atoms with E-state index in [0.29, 0.717) is 22.8 Å². The molecule has 4 nitrogen and oxygen atoms in total. The molecule has 0 saturated carbocycles. The first kappa shape index (κ1) is 15.4. The van der Waals surface area contributed by atoms with Gasteiger partial charge in [0.2, 0.25) is 0 Å². The molecular weight excluding hydrogens is 312 g/mol. The largest absolute Gasteiger partial charge is 0.358 e. The summed E-state index contributed by atoms with van der Waals surface area (Å²) in [7, 11) is 0. The van der Waals surface area contributed by atoms with Crippen LogP contribution in [0.1, 0.15) is 22.8 Å². The van der Waals surface area contributed by atoms with Crippen LogP contribution < -0.4 is 4.90 Å². The van der Waals surface area contributed by atoms with Gasteiger partial charge in [-0.3, -0.25) is 9.59 Å². The third-order valence-corrected chi connectivity index (χ3v) is 3.86. The summed E-state index contributed by atoms with van der Waals surface area (Å²) in [5.74, 6) is -0.238. The van der Waals surface area contributed by atoms with E-state index in [1.165, 1.54) is 0 Å². The zero-order valence-electron chi connectivity index (χ0n) is 12.6. The Morgan fingerprint density at radius 1 is 1.17 bits per heavy atom. The molecular formula is C18H15ClN2O2. The average molecular weight is 327 g/mol. The molecule has 0 radical (unpaired) electrons. The SMILES string of the molecule is CC(=O)CN1CC(=NC(=O)c2ccccc2)c2cc(Cl)ccc21. The number of ketones is 1. The van der Waals surface area contributed by atoms with Crippen LogP contribution in [0.3, 0.4) is 0 Å². The predicted octanol–water partition coefficient (Wildman–Crippen LogP) is 3.38. The quantitative estimate of drug-likeness (QED) is 0.868. The molecule has 23 heavy (non-hydrogen) atoms. The molecule has 2 aromatic carbocycles. The van der Waals surface area contributed by atoms with Crippen LogP contribution in [-0.4, -0.2) is 30.5 Å². The molecule has 116 valence electrons. The van der Waals surface area contributed by atoms with E-state index < -0.39 is 0 Å². The molecule has 1 heterocycles. The molecule has 0 fully saturated rings. The second-order valence-electron chi connectivity index (χ2n) is 5.45. The minimum absolute atomic E-state index is 0.0570. The van der Waals surface area contributed by atoms with Crippen LogP contribution in [0.2, 0.25) is 5.02 Å². The predicted molar refractivity (Wildman–Crippen MR) is 91.7 cm³/mol. The number of amides is 1. The lowest BCUT2D eigenvalue weighted by molar-refractivity contribution is -0.115. The fourth-order valence-corrected chi connectivity index (χ4v) is 2.81. The van der Waals surface area contributed by atoms with E-state index in [4.69, 9.17) is 11.6 Å². The molecule has 1 aliphatic heterocycles. The number of carbonyl (C=O) groups excluding carboxylic acids is 2. The van der Waals surface area contributed by atoms with Gasteiger partial charge in [0, 0.05) is 21.8 Å². The fraction of sp³-hybridized carbons (Fsp3) is 0.167. The van der Waals surface area contributed by atoms with Crippen molar-refractivity contribution in [1.82, 2.24) is 0 Å². The standard InChI is InChI=1S/C18H15ClN2O2/c1-12(22)10-21-11-16(15-9-14(19)7-8-17(15)21)20-18(23)13-5-3-2-4-6-13/h2-9H,10-11H2,1H3. The van der Waals surface area contributed by atoms with Crippen molar-refractivity contribution in [3.05, 3.63) is 64.7 Å². The zero-order valence-corrected chi connectivity index (χ0v) is 13.4. The summed E-state index contributed by atoms with van der Waals surface area (Å²) in [6.07, 6.45) is 0. The molecule has 0 atom stereocenters. The Morgan fingerprint density at radius 2 is 1.91 bits per heavy atom. The second kappa shape index (κ2) is 6.34. The Hall–Kier alpha value is -2.46. The number of anilines is 1. The van der Waals surface area contributed by atoms with Gasteiger partial charge < -0.3 is 4.90 Å². The molecule has 1 amide bonds. The number of fused-ring (bicyclic) bond motifs is 1. The Labute approximate surface area is 139 Å². The number of halogens is 1. The minimum Gasteiger partial charge on any atom is -0.358 e. The smallest absolute Gasteiger partial charge is 0.277 e. The lowest BCUT2D eigenvalue weighted by atomic mass is 10.1. The second-order valence-corrected chi connectivity index (χ2v) is 5.89. The van der Waals surface area contributed by atoms with Gasteiger partial charge in [-0.2, -0.15) is 0 Å². The Balaban J connectivity index is 1.98. The van der Waals surface area contributed by atoms with E-state index in [-0.39, 0.29) is 18.2 Å². The number of benzene rings is 2. The minimum atomic E-state index is -0.295. The van der Waals surface area contributed by atoms with Crippen LogP contribution in [-0.2, 0) is 4.79 Å². The lowest BCUT2D eigenvalue weighted by Crippen LogP contribution is -2.28. The molecule has 0 saturated heterocycles. The lowest BCUT2D eigenvalue weighted by Gasteiger charge is -2.16. The molecule has 0 aromatic heterocycles. The van der Waals surface area contributed by atoms with Crippen molar-refractivity contribution in [3.8, 4) is 0 Å². The number of rotatable bonds is 3. The van der Waals surface area contributed by atoms with Crippen LogP contribution in [0.25, 0.3) is 0 Å². The highest BCUT2D eigenvalue weighted by Gasteiger charge is 2.26. The number of nitrogens with zero attached hydrogens (tertiary/aromatic N) is 2. The molecule has 0 spiro atoms. The summed E-state index contributed by atoms with van der Waals surface area (Å²) >= 11 is 6.07. The first-order valence-electron chi connectivity index (χ1n) is 7.26. The van der Waals surface area contributed by atoms with Crippen molar-refractivity contribution in [2.75, 3.05) is 18.0 Å².